The molecular weight excluding hydrogens is 612 g/mol. The smallest absolute Gasteiger partial charge is 0.412 e. The molecule has 1 aromatic heterocycles. The number of aromatic nitrogens is 1. The van der Waals surface area contributed by atoms with Crippen molar-refractivity contribution in [1.82, 2.24) is 10.5 Å². The minimum Gasteiger partial charge on any atom is -0.468 e. The number of aryl methyl sites for hydroxylation is 1. The Kier molecular flexibility index (Phi) is 8.30. The van der Waals surface area contributed by atoms with E-state index in [0.717, 1.165) is 49.9 Å². The lowest BCUT2D eigenvalue weighted by atomic mass is 9.92. The van der Waals surface area contributed by atoms with Crippen molar-refractivity contribution in [3.63, 3.8) is 0 Å². The Balaban J connectivity index is 1.05. The van der Waals surface area contributed by atoms with E-state index in [1.54, 1.807) is 6.92 Å². The number of nitrogens with one attached hydrogen (secondary N) is 2. The summed E-state index contributed by atoms with van der Waals surface area (Å²) in [6.45, 7) is 5.09. The Hall–Kier alpha value is -4.39. The summed E-state index contributed by atoms with van der Waals surface area (Å²) < 4.78 is 40.1. The molecule has 3 aliphatic rings. The van der Waals surface area contributed by atoms with E-state index in [0.29, 0.717) is 30.0 Å². The van der Waals surface area contributed by atoms with Crippen LogP contribution in [-0.2, 0) is 29.6 Å². The van der Waals surface area contributed by atoms with E-state index >= 15 is 0 Å². The van der Waals surface area contributed by atoms with E-state index in [9.17, 15) is 22.8 Å². The molecule has 2 N–H and O–H groups in total. The molecule has 244 valence electrons. The second kappa shape index (κ2) is 12.1. The lowest BCUT2D eigenvalue weighted by Gasteiger charge is -2.33. The molecule has 2 saturated carbocycles. The SMILES string of the molecule is COC(=O)C1(S(=O)(=O)C(=O)NC2(c3ccc(N4CCC(c5onc(C)c5NC(=O)O[C@H](C)c5ccccc5)CC4)cc3)CC2)CC1. The molecule has 0 radical (unpaired) electrons. The number of benzene rings is 2. The number of methoxy groups -OCH3 is 1. The van der Waals surface area contributed by atoms with Crippen LogP contribution in [0.15, 0.2) is 59.1 Å². The van der Waals surface area contributed by atoms with Gasteiger partial charge in [0.1, 0.15) is 17.5 Å². The van der Waals surface area contributed by atoms with Gasteiger partial charge in [0.05, 0.1) is 12.6 Å². The summed E-state index contributed by atoms with van der Waals surface area (Å²) in [6.07, 6.45) is 1.95. The molecule has 1 aliphatic heterocycles. The number of carbonyl (C=O) groups excluding carboxylic acids is 3. The van der Waals surface area contributed by atoms with Crippen LogP contribution in [0.2, 0.25) is 0 Å². The Morgan fingerprint density at radius 3 is 2.24 bits per heavy atom. The van der Waals surface area contributed by atoms with E-state index in [2.05, 4.69) is 25.4 Å². The summed E-state index contributed by atoms with van der Waals surface area (Å²) in [5.41, 5.74) is 3.08. The Morgan fingerprint density at radius 1 is 1.00 bits per heavy atom. The molecule has 13 heteroatoms. The van der Waals surface area contributed by atoms with Gasteiger partial charge in [-0.1, -0.05) is 47.6 Å². The normalized spacial score (nSPS) is 19.1. The molecular formula is C33H38N4O8S. The number of amides is 2. The summed E-state index contributed by atoms with van der Waals surface area (Å²) in [5, 5.41) is 8.54. The van der Waals surface area contributed by atoms with E-state index < -0.39 is 43.5 Å². The summed E-state index contributed by atoms with van der Waals surface area (Å²) in [6, 6.07) is 17.3. The molecule has 0 unspecified atom stereocenters. The highest BCUT2D eigenvalue weighted by molar-refractivity contribution is 8.08. The monoisotopic (exact) mass is 650 g/mol. The van der Waals surface area contributed by atoms with Crippen molar-refractivity contribution in [2.75, 3.05) is 30.4 Å². The number of esters is 1. The number of anilines is 2. The highest BCUT2D eigenvalue weighted by Gasteiger charge is 2.65. The number of hydrogen-bond donors (Lipinski definition) is 2. The molecule has 1 atom stereocenters. The van der Waals surface area contributed by atoms with Crippen molar-refractivity contribution < 1.29 is 36.8 Å². The predicted molar refractivity (Wildman–Crippen MR) is 169 cm³/mol. The van der Waals surface area contributed by atoms with Crippen molar-refractivity contribution in [2.24, 2.45) is 0 Å². The first-order chi connectivity index (χ1) is 22.0. The number of piperidine rings is 1. The molecule has 2 amide bonds. The third-order valence-corrected chi connectivity index (χ3v) is 11.6. The van der Waals surface area contributed by atoms with Crippen molar-refractivity contribution in [3.8, 4) is 0 Å². The van der Waals surface area contributed by atoms with Gasteiger partial charge < -0.3 is 24.2 Å². The zero-order chi connectivity index (χ0) is 32.7. The molecule has 3 fully saturated rings. The fourth-order valence-corrected chi connectivity index (χ4v) is 7.85. The van der Waals surface area contributed by atoms with E-state index in [-0.39, 0.29) is 18.8 Å². The van der Waals surface area contributed by atoms with Crippen molar-refractivity contribution in [2.45, 2.75) is 74.7 Å². The Bertz CT molecular complexity index is 1720. The van der Waals surface area contributed by atoms with Gasteiger partial charge in [0.25, 0.3) is 0 Å². The Morgan fingerprint density at radius 2 is 1.65 bits per heavy atom. The maximum Gasteiger partial charge on any atom is 0.412 e. The molecule has 46 heavy (non-hydrogen) atoms. The third-order valence-electron chi connectivity index (χ3n) is 9.43. The molecule has 0 bridgehead atoms. The van der Waals surface area contributed by atoms with Crippen LogP contribution in [0.4, 0.5) is 21.0 Å². The first-order valence-electron chi connectivity index (χ1n) is 15.5. The molecule has 2 heterocycles. The average Bonchev–Trinajstić information content (AvgIpc) is 4.00. The lowest BCUT2D eigenvalue weighted by molar-refractivity contribution is -0.140. The van der Waals surface area contributed by atoms with Crippen LogP contribution in [0, 0.1) is 6.92 Å². The van der Waals surface area contributed by atoms with Crippen molar-refractivity contribution >= 4 is 38.5 Å². The third kappa shape index (κ3) is 5.83. The fourth-order valence-electron chi connectivity index (χ4n) is 6.23. The minimum absolute atomic E-state index is 0.0604. The predicted octanol–water partition coefficient (Wildman–Crippen LogP) is 5.50. The van der Waals surface area contributed by atoms with Crippen molar-refractivity contribution in [3.05, 3.63) is 77.2 Å². The van der Waals surface area contributed by atoms with Crippen LogP contribution in [0.5, 0.6) is 0 Å². The lowest BCUT2D eigenvalue weighted by Crippen LogP contribution is -2.46. The average molecular weight is 651 g/mol. The highest BCUT2D eigenvalue weighted by atomic mass is 32.2. The number of hydrogen-bond acceptors (Lipinski definition) is 10. The fraction of sp³-hybridized carbons (Fsp3) is 0.455. The van der Waals surface area contributed by atoms with Crippen LogP contribution in [0.25, 0.3) is 0 Å². The minimum atomic E-state index is -4.39. The van der Waals surface area contributed by atoms with Crippen molar-refractivity contribution in [1.29, 1.82) is 0 Å². The number of rotatable bonds is 9. The van der Waals surface area contributed by atoms with Crippen LogP contribution < -0.4 is 15.5 Å². The number of ether oxygens (including phenoxy) is 2. The second-order valence-electron chi connectivity index (χ2n) is 12.4. The van der Waals surface area contributed by atoms with Gasteiger partial charge in [-0.2, -0.15) is 0 Å². The summed E-state index contributed by atoms with van der Waals surface area (Å²) in [5.74, 6) is -0.189. The quantitative estimate of drug-likeness (QED) is 0.284. The molecule has 2 aliphatic carbocycles. The van der Waals surface area contributed by atoms with Gasteiger partial charge in [-0.3, -0.25) is 14.9 Å². The number of carbonyl (C=O) groups is 3. The van der Waals surface area contributed by atoms with Gasteiger partial charge >= 0.3 is 17.3 Å². The zero-order valence-corrected chi connectivity index (χ0v) is 26.9. The van der Waals surface area contributed by atoms with Gasteiger partial charge in [0, 0.05) is 24.7 Å². The van der Waals surface area contributed by atoms with Gasteiger partial charge in [0.2, 0.25) is 9.84 Å². The summed E-state index contributed by atoms with van der Waals surface area (Å²) >= 11 is 0. The molecule has 1 saturated heterocycles. The van der Waals surface area contributed by atoms with Gasteiger partial charge in [-0.15, -0.1) is 0 Å². The molecule has 2 aromatic carbocycles. The number of sulfone groups is 1. The van der Waals surface area contributed by atoms with Gasteiger partial charge in [-0.25, -0.2) is 13.2 Å². The van der Waals surface area contributed by atoms with E-state index in [1.165, 1.54) is 0 Å². The van der Waals surface area contributed by atoms with Crippen LogP contribution in [-0.4, -0.2) is 55.8 Å². The van der Waals surface area contributed by atoms with Gasteiger partial charge in [-0.05, 0) is 75.6 Å². The number of nitrogens with zero attached hydrogens (tertiary/aromatic N) is 2. The maximum absolute atomic E-state index is 13.0. The molecule has 3 aromatic rings. The topological polar surface area (TPSA) is 157 Å². The second-order valence-corrected chi connectivity index (χ2v) is 14.5. The molecule has 0 spiro atoms. The maximum atomic E-state index is 13.0. The van der Waals surface area contributed by atoms with E-state index in [1.807, 2.05) is 61.5 Å². The highest BCUT2D eigenvalue weighted by Crippen LogP contribution is 2.49. The van der Waals surface area contributed by atoms with Crippen LogP contribution in [0.1, 0.15) is 80.1 Å². The first-order valence-corrected chi connectivity index (χ1v) is 17.0. The first kappa shape index (κ1) is 31.6. The summed E-state index contributed by atoms with van der Waals surface area (Å²) in [4.78, 5) is 40.0. The zero-order valence-electron chi connectivity index (χ0n) is 26.1. The van der Waals surface area contributed by atoms with Crippen LogP contribution >= 0.6 is 0 Å². The Labute approximate surface area is 267 Å². The van der Waals surface area contributed by atoms with Crippen LogP contribution in [0.3, 0.4) is 0 Å². The van der Waals surface area contributed by atoms with Gasteiger partial charge in [0.15, 0.2) is 10.5 Å². The standard InChI is InChI=1S/C33H38N4O8S/c1-21-27(34-30(39)44-22(2)23-7-5-4-6-8-23)28(45-36-21)24-13-19-37(20-14-24)26-11-9-25(10-12-26)32(15-16-32)35-31(40)46(41,42)33(17-18-33)29(38)43-3/h4-12,22,24H,13-20H2,1-3H3,(H,34,39)(H,35,40)/t22-/m1/s1. The van der Waals surface area contributed by atoms with E-state index in [4.69, 9.17) is 9.26 Å². The summed E-state index contributed by atoms with van der Waals surface area (Å²) in [7, 11) is -3.27. The molecule has 12 nitrogen and oxygen atoms in total. The molecule has 6 rings (SSSR count). The largest absolute Gasteiger partial charge is 0.468 e.